The summed E-state index contributed by atoms with van der Waals surface area (Å²) >= 11 is 0.858. The van der Waals surface area contributed by atoms with Crippen molar-refractivity contribution in [2.45, 2.75) is 6.92 Å². The minimum absolute atomic E-state index is 0.186. The molecule has 0 saturated heterocycles. The standard InChI is InChI=1S/C15H10FN3O3S/c1-8-7-23-13(15(21)22)12(8)19(16)14(20)11-6-17-9-4-2-3-5-10(9)18-11/h2-7H,1H3,(H,21,22). The van der Waals surface area contributed by atoms with Crippen molar-refractivity contribution in [1.82, 2.24) is 9.97 Å². The van der Waals surface area contributed by atoms with E-state index in [2.05, 4.69) is 9.97 Å². The quantitative estimate of drug-likeness (QED) is 0.745. The van der Waals surface area contributed by atoms with Crippen molar-refractivity contribution >= 4 is 39.9 Å². The molecule has 1 N–H and O–H groups in total. The number of carboxylic acid groups (broad SMARTS) is 1. The number of carbonyl (C=O) groups excluding carboxylic acids is 1. The molecule has 0 fully saturated rings. The molecule has 1 aromatic carbocycles. The zero-order valence-electron chi connectivity index (χ0n) is 11.9. The second kappa shape index (κ2) is 5.73. The molecular formula is C15H10FN3O3S. The van der Waals surface area contributed by atoms with Crippen molar-refractivity contribution in [2.24, 2.45) is 0 Å². The number of nitrogens with zero attached hydrogens (tertiary/aromatic N) is 3. The van der Waals surface area contributed by atoms with Crippen LogP contribution in [0.3, 0.4) is 0 Å². The fraction of sp³-hybridized carbons (Fsp3) is 0.0667. The summed E-state index contributed by atoms with van der Waals surface area (Å²) in [5, 5.41) is 10.4. The number of halogens is 1. The largest absolute Gasteiger partial charge is 0.477 e. The molecule has 2 aromatic heterocycles. The molecule has 116 valence electrons. The number of hydrogen-bond acceptors (Lipinski definition) is 5. The molecule has 6 nitrogen and oxygen atoms in total. The van der Waals surface area contributed by atoms with Crippen LogP contribution in [-0.4, -0.2) is 27.0 Å². The first kappa shape index (κ1) is 15.0. The van der Waals surface area contributed by atoms with Gasteiger partial charge in [-0.05, 0) is 30.0 Å². The van der Waals surface area contributed by atoms with E-state index in [1.165, 1.54) is 18.5 Å². The van der Waals surface area contributed by atoms with Crippen molar-refractivity contribution in [3.63, 3.8) is 0 Å². The predicted molar refractivity (Wildman–Crippen MR) is 83.5 cm³/mol. The van der Waals surface area contributed by atoms with E-state index in [1.54, 1.807) is 24.3 Å². The number of amides is 1. The van der Waals surface area contributed by atoms with Gasteiger partial charge in [-0.15, -0.1) is 16.5 Å². The minimum atomic E-state index is -1.29. The summed E-state index contributed by atoms with van der Waals surface area (Å²) in [6.07, 6.45) is 1.17. The smallest absolute Gasteiger partial charge is 0.348 e. The van der Waals surface area contributed by atoms with Crippen molar-refractivity contribution in [3.05, 3.63) is 52.0 Å². The predicted octanol–water partition coefficient (Wildman–Crippen LogP) is 3.23. The molecule has 0 atom stereocenters. The number of carboxylic acids is 1. The van der Waals surface area contributed by atoms with Crippen LogP contribution in [0.15, 0.2) is 35.8 Å². The Kier molecular flexibility index (Phi) is 3.75. The van der Waals surface area contributed by atoms with Gasteiger partial charge >= 0.3 is 11.9 Å². The number of aryl methyl sites for hydroxylation is 1. The third-order valence-electron chi connectivity index (χ3n) is 3.18. The lowest BCUT2D eigenvalue weighted by molar-refractivity contribution is 0.0702. The van der Waals surface area contributed by atoms with Gasteiger partial charge in [0.1, 0.15) is 16.3 Å². The molecule has 8 heteroatoms. The van der Waals surface area contributed by atoms with E-state index in [-0.39, 0.29) is 21.4 Å². The van der Waals surface area contributed by atoms with Crippen molar-refractivity contribution in [1.29, 1.82) is 0 Å². The zero-order chi connectivity index (χ0) is 16.6. The molecule has 0 aliphatic carbocycles. The Labute approximate surface area is 133 Å². The van der Waals surface area contributed by atoms with Crippen LogP contribution < -0.4 is 5.12 Å². The first-order chi connectivity index (χ1) is 11.0. The molecule has 0 radical (unpaired) electrons. The summed E-state index contributed by atoms with van der Waals surface area (Å²) in [7, 11) is 0. The number of fused-ring (bicyclic) bond motifs is 1. The van der Waals surface area contributed by atoms with E-state index in [4.69, 9.17) is 5.11 Å². The molecule has 1 amide bonds. The normalized spacial score (nSPS) is 10.7. The molecule has 0 saturated carbocycles. The van der Waals surface area contributed by atoms with Gasteiger partial charge in [-0.25, -0.2) is 9.78 Å². The molecule has 23 heavy (non-hydrogen) atoms. The van der Waals surface area contributed by atoms with Crippen LogP contribution in [0.4, 0.5) is 10.2 Å². The van der Waals surface area contributed by atoms with Gasteiger partial charge in [0.25, 0.3) is 0 Å². The first-order valence-electron chi connectivity index (χ1n) is 6.52. The van der Waals surface area contributed by atoms with E-state index < -0.39 is 11.9 Å². The molecule has 0 aliphatic rings. The summed E-state index contributed by atoms with van der Waals surface area (Å²) in [5.41, 5.74) is 0.909. The Morgan fingerprint density at radius 2 is 1.96 bits per heavy atom. The lowest BCUT2D eigenvalue weighted by atomic mass is 10.2. The van der Waals surface area contributed by atoms with Gasteiger partial charge in [0.05, 0.1) is 17.2 Å². The van der Waals surface area contributed by atoms with E-state index in [1.807, 2.05) is 0 Å². The van der Waals surface area contributed by atoms with Gasteiger partial charge in [-0.3, -0.25) is 9.78 Å². The first-order valence-corrected chi connectivity index (χ1v) is 7.40. The Hall–Kier alpha value is -2.87. The second-order valence-electron chi connectivity index (χ2n) is 4.73. The number of aromatic nitrogens is 2. The van der Waals surface area contributed by atoms with Gasteiger partial charge in [-0.2, -0.15) is 0 Å². The number of aromatic carboxylic acids is 1. The van der Waals surface area contributed by atoms with Crippen LogP contribution in [0.2, 0.25) is 0 Å². The lowest BCUT2D eigenvalue weighted by Crippen LogP contribution is -2.25. The second-order valence-corrected chi connectivity index (χ2v) is 5.61. The molecule has 0 aliphatic heterocycles. The van der Waals surface area contributed by atoms with Crippen molar-refractivity contribution in [2.75, 3.05) is 5.12 Å². The Bertz CT molecular complexity index is 925. The van der Waals surface area contributed by atoms with Gasteiger partial charge in [0, 0.05) is 0 Å². The third kappa shape index (κ3) is 2.64. The minimum Gasteiger partial charge on any atom is -0.477 e. The molecule has 0 bridgehead atoms. The van der Waals surface area contributed by atoms with Crippen LogP contribution >= 0.6 is 11.3 Å². The van der Waals surface area contributed by atoms with Crippen LogP contribution in [0.1, 0.15) is 25.7 Å². The lowest BCUT2D eigenvalue weighted by Gasteiger charge is -2.12. The van der Waals surface area contributed by atoms with Crippen LogP contribution in [0, 0.1) is 6.92 Å². The van der Waals surface area contributed by atoms with Gasteiger partial charge in [0.2, 0.25) is 0 Å². The number of hydrogen-bond donors (Lipinski definition) is 1. The summed E-state index contributed by atoms with van der Waals surface area (Å²) in [5.74, 6) is -2.36. The maximum absolute atomic E-state index is 14.5. The van der Waals surface area contributed by atoms with Crippen LogP contribution in [0.5, 0.6) is 0 Å². The number of rotatable bonds is 3. The van der Waals surface area contributed by atoms with Crippen molar-refractivity contribution in [3.8, 4) is 0 Å². The monoisotopic (exact) mass is 331 g/mol. The highest BCUT2D eigenvalue weighted by Crippen LogP contribution is 2.32. The average molecular weight is 331 g/mol. The van der Waals surface area contributed by atoms with Gasteiger partial charge in [0.15, 0.2) is 0 Å². The molecule has 0 unspecified atom stereocenters. The average Bonchev–Trinajstić information content (AvgIpc) is 2.95. The molecular weight excluding hydrogens is 321 g/mol. The Balaban J connectivity index is 2.01. The topological polar surface area (TPSA) is 83.4 Å². The summed E-state index contributed by atoms with van der Waals surface area (Å²) in [6, 6.07) is 6.87. The van der Waals surface area contributed by atoms with E-state index >= 15 is 0 Å². The Morgan fingerprint density at radius 1 is 1.26 bits per heavy atom. The third-order valence-corrected chi connectivity index (χ3v) is 4.25. The SMILES string of the molecule is Cc1csc(C(=O)O)c1N(F)C(=O)c1cnc2ccccc2n1. The number of carbonyl (C=O) groups is 2. The number of thiophene rings is 1. The molecule has 0 spiro atoms. The maximum atomic E-state index is 14.5. The number of benzene rings is 1. The van der Waals surface area contributed by atoms with Crippen molar-refractivity contribution < 1.29 is 19.2 Å². The van der Waals surface area contributed by atoms with E-state index in [0.29, 0.717) is 16.6 Å². The molecule has 3 aromatic rings. The molecule has 3 rings (SSSR count). The highest BCUT2D eigenvalue weighted by Gasteiger charge is 2.27. The highest BCUT2D eigenvalue weighted by atomic mass is 32.1. The molecule has 2 heterocycles. The Morgan fingerprint density at radius 3 is 2.65 bits per heavy atom. The summed E-state index contributed by atoms with van der Waals surface area (Å²) in [6.45, 7) is 1.53. The maximum Gasteiger partial charge on any atom is 0.348 e. The van der Waals surface area contributed by atoms with Crippen LogP contribution in [-0.2, 0) is 0 Å². The number of anilines is 1. The zero-order valence-corrected chi connectivity index (χ0v) is 12.7. The van der Waals surface area contributed by atoms with Crippen LogP contribution in [0.25, 0.3) is 11.0 Å². The number of para-hydroxylation sites is 2. The van der Waals surface area contributed by atoms with Gasteiger partial charge < -0.3 is 5.11 Å². The fourth-order valence-electron chi connectivity index (χ4n) is 2.10. The van der Waals surface area contributed by atoms with Gasteiger partial charge in [-0.1, -0.05) is 16.6 Å². The summed E-state index contributed by atoms with van der Waals surface area (Å²) < 4.78 is 14.5. The fourth-order valence-corrected chi connectivity index (χ4v) is 2.96. The van der Waals surface area contributed by atoms with E-state index in [9.17, 15) is 14.1 Å². The highest BCUT2D eigenvalue weighted by molar-refractivity contribution is 7.12. The van der Waals surface area contributed by atoms with E-state index in [0.717, 1.165) is 11.3 Å². The summed E-state index contributed by atoms with van der Waals surface area (Å²) in [4.78, 5) is 31.3.